The van der Waals surface area contributed by atoms with E-state index in [2.05, 4.69) is 0 Å². The van der Waals surface area contributed by atoms with Crippen molar-refractivity contribution in [2.24, 2.45) is 0 Å². The molecule has 1 nitrogen and oxygen atoms in total. The van der Waals surface area contributed by atoms with Crippen LogP contribution in [0.2, 0.25) is 0 Å². The Morgan fingerprint density at radius 2 is 2.00 bits per heavy atom. The molecule has 1 N–H and O–H groups in total. The number of rotatable bonds is 2. The lowest BCUT2D eigenvalue weighted by Gasteiger charge is -2.11. The molecule has 1 aliphatic carbocycles. The van der Waals surface area contributed by atoms with Gasteiger partial charge in [0.05, 0.1) is 0 Å². The summed E-state index contributed by atoms with van der Waals surface area (Å²) in [6, 6.07) is 3.57. The number of hydrogen-bond donors (Lipinski definition) is 1. The summed E-state index contributed by atoms with van der Waals surface area (Å²) in [7, 11) is 0. The summed E-state index contributed by atoms with van der Waals surface area (Å²) in [6.45, 7) is 1.86. The Balaban J connectivity index is 2.42. The van der Waals surface area contributed by atoms with Crippen LogP contribution in [-0.4, -0.2) is 11.7 Å². The molecular weight excluding hydrogens is 179 g/mol. The van der Waals surface area contributed by atoms with Crippen LogP contribution in [0.5, 0.6) is 0 Å². The lowest BCUT2D eigenvalue weighted by atomic mass is 9.97. The van der Waals surface area contributed by atoms with E-state index >= 15 is 0 Å². The third-order valence-electron chi connectivity index (χ3n) is 3.02. The number of aryl methyl sites for hydroxylation is 2. The van der Waals surface area contributed by atoms with Crippen molar-refractivity contribution in [3.63, 3.8) is 0 Å². The van der Waals surface area contributed by atoms with Gasteiger partial charge in [-0.25, -0.2) is 4.39 Å². The van der Waals surface area contributed by atoms with Gasteiger partial charge in [-0.1, -0.05) is 13.0 Å². The van der Waals surface area contributed by atoms with Gasteiger partial charge in [-0.05, 0) is 42.0 Å². The molecule has 0 heterocycles. The minimum atomic E-state index is -0.160. The molecule has 1 aromatic carbocycles. The zero-order chi connectivity index (χ0) is 10.1. The van der Waals surface area contributed by atoms with Crippen LogP contribution in [0.25, 0.3) is 0 Å². The first-order chi connectivity index (χ1) is 6.72. The molecule has 2 heteroatoms. The van der Waals surface area contributed by atoms with E-state index in [4.69, 9.17) is 5.11 Å². The predicted octanol–water partition coefficient (Wildman–Crippen LogP) is 2.41. The second kappa shape index (κ2) is 3.70. The van der Waals surface area contributed by atoms with E-state index in [9.17, 15) is 4.39 Å². The van der Waals surface area contributed by atoms with Gasteiger partial charge in [-0.3, -0.25) is 0 Å². The maximum atomic E-state index is 13.6. The number of fused-ring (bicyclic) bond motifs is 1. The predicted molar refractivity (Wildman–Crippen MR) is 53.9 cm³/mol. The first kappa shape index (κ1) is 9.66. The van der Waals surface area contributed by atoms with Crippen LogP contribution < -0.4 is 0 Å². The maximum absolute atomic E-state index is 13.6. The average Bonchev–Trinajstić information content (AvgIpc) is 2.62. The number of benzene rings is 1. The normalized spacial score (nSPS) is 16.8. The molecule has 14 heavy (non-hydrogen) atoms. The molecule has 0 saturated carbocycles. The smallest absolute Gasteiger partial charge is 0.127 e. The highest BCUT2D eigenvalue weighted by atomic mass is 19.1. The highest BCUT2D eigenvalue weighted by Crippen LogP contribution is 2.28. The largest absolute Gasteiger partial charge is 0.396 e. The molecule has 0 aliphatic heterocycles. The molecule has 0 saturated heterocycles. The zero-order valence-corrected chi connectivity index (χ0v) is 8.39. The van der Waals surface area contributed by atoms with Crippen LogP contribution >= 0.6 is 0 Å². The Morgan fingerprint density at radius 3 is 2.64 bits per heavy atom. The molecular formula is C12H15FO. The Hall–Kier alpha value is -0.890. The van der Waals surface area contributed by atoms with Gasteiger partial charge in [-0.15, -0.1) is 0 Å². The van der Waals surface area contributed by atoms with Gasteiger partial charge in [0.1, 0.15) is 5.82 Å². The van der Waals surface area contributed by atoms with Crippen molar-refractivity contribution in [3.05, 3.63) is 34.6 Å². The number of halogens is 1. The van der Waals surface area contributed by atoms with E-state index in [1.54, 1.807) is 6.07 Å². The SMILES string of the molecule is CC(CO)c1cc2c(cc1F)CCC2. The first-order valence-electron chi connectivity index (χ1n) is 5.14. The zero-order valence-electron chi connectivity index (χ0n) is 8.39. The van der Waals surface area contributed by atoms with Crippen molar-refractivity contribution in [1.82, 2.24) is 0 Å². The summed E-state index contributed by atoms with van der Waals surface area (Å²) in [5, 5.41) is 8.99. The van der Waals surface area contributed by atoms with Crippen LogP contribution in [0.15, 0.2) is 12.1 Å². The van der Waals surface area contributed by atoms with Gasteiger partial charge in [-0.2, -0.15) is 0 Å². The fourth-order valence-corrected chi connectivity index (χ4v) is 2.09. The molecule has 1 aromatic rings. The number of aliphatic hydroxyl groups excluding tert-OH is 1. The summed E-state index contributed by atoms with van der Waals surface area (Å²) in [5.74, 6) is -0.256. The highest BCUT2D eigenvalue weighted by molar-refractivity contribution is 5.37. The van der Waals surface area contributed by atoms with Crippen LogP contribution in [0.1, 0.15) is 36.0 Å². The molecule has 1 unspecified atom stereocenters. The van der Waals surface area contributed by atoms with E-state index in [-0.39, 0.29) is 18.3 Å². The third-order valence-corrected chi connectivity index (χ3v) is 3.02. The van der Waals surface area contributed by atoms with Gasteiger partial charge in [0, 0.05) is 12.5 Å². The molecule has 0 amide bonds. The summed E-state index contributed by atoms with van der Waals surface area (Å²) in [6.07, 6.45) is 3.19. The molecule has 0 bridgehead atoms. The highest BCUT2D eigenvalue weighted by Gasteiger charge is 2.17. The summed E-state index contributed by atoms with van der Waals surface area (Å²) in [5.41, 5.74) is 3.08. The molecule has 1 atom stereocenters. The lowest BCUT2D eigenvalue weighted by Crippen LogP contribution is -2.03. The second-order valence-electron chi connectivity index (χ2n) is 4.08. The van der Waals surface area contributed by atoms with Crippen molar-refractivity contribution in [2.45, 2.75) is 32.1 Å². The minimum Gasteiger partial charge on any atom is -0.396 e. The van der Waals surface area contributed by atoms with Gasteiger partial charge in [0.2, 0.25) is 0 Å². The van der Waals surface area contributed by atoms with E-state index in [1.807, 2.05) is 13.0 Å². The fourth-order valence-electron chi connectivity index (χ4n) is 2.09. The minimum absolute atomic E-state index is 0.00963. The first-order valence-corrected chi connectivity index (χ1v) is 5.14. The summed E-state index contributed by atoms with van der Waals surface area (Å²) in [4.78, 5) is 0. The van der Waals surface area contributed by atoms with Crippen LogP contribution in [0, 0.1) is 5.82 Å². The molecule has 0 radical (unpaired) electrons. The summed E-state index contributed by atoms with van der Waals surface area (Å²) < 4.78 is 13.6. The Kier molecular flexibility index (Phi) is 2.55. The molecule has 1 aliphatic rings. The van der Waals surface area contributed by atoms with E-state index in [0.29, 0.717) is 5.56 Å². The van der Waals surface area contributed by atoms with Crippen molar-refractivity contribution >= 4 is 0 Å². The van der Waals surface area contributed by atoms with Crippen LogP contribution in [0.4, 0.5) is 4.39 Å². The monoisotopic (exact) mass is 194 g/mol. The molecule has 0 fully saturated rings. The van der Waals surface area contributed by atoms with E-state index < -0.39 is 0 Å². The van der Waals surface area contributed by atoms with Crippen molar-refractivity contribution in [3.8, 4) is 0 Å². The Labute approximate surface area is 83.6 Å². The van der Waals surface area contributed by atoms with Gasteiger partial charge in [0.15, 0.2) is 0 Å². The maximum Gasteiger partial charge on any atom is 0.127 e. The van der Waals surface area contributed by atoms with Crippen LogP contribution in [-0.2, 0) is 12.8 Å². The van der Waals surface area contributed by atoms with Crippen molar-refractivity contribution in [1.29, 1.82) is 0 Å². The average molecular weight is 194 g/mol. The van der Waals surface area contributed by atoms with E-state index in [1.165, 1.54) is 5.56 Å². The molecule has 76 valence electrons. The second-order valence-corrected chi connectivity index (χ2v) is 4.08. The van der Waals surface area contributed by atoms with Gasteiger partial charge in [0.25, 0.3) is 0 Å². The summed E-state index contributed by atoms with van der Waals surface area (Å²) >= 11 is 0. The van der Waals surface area contributed by atoms with Crippen molar-refractivity contribution < 1.29 is 9.50 Å². The Bertz CT molecular complexity index is 346. The molecule has 0 aromatic heterocycles. The molecule has 0 spiro atoms. The standard InChI is InChI=1S/C12H15FO/c1-8(7-14)11-5-9-3-2-4-10(9)6-12(11)13/h5-6,8,14H,2-4,7H2,1H3. The quantitative estimate of drug-likeness (QED) is 0.766. The Morgan fingerprint density at radius 1 is 1.36 bits per heavy atom. The number of hydrogen-bond acceptors (Lipinski definition) is 1. The van der Waals surface area contributed by atoms with Crippen LogP contribution in [0.3, 0.4) is 0 Å². The third kappa shape index (κ3) is 1.55. The van der Waals surface area contributed by atoms with Gasteiger partial charge >= 0.3 is 0 Å². The molecule has 2 rings (SSSR count). The van der Waals surface area contributed by atoms with Crippen molar-refractivity contribution in [2.75, 3.05) is 6.61 Å². The van der Waals surface area contributed by atoms with E-state index in [0.717, 1.165) is 24.8 Å². The topological polar surface area (TPSA) is 20.2 Å². The lowest BCUT2D eigenvalue weighted by molar-refractivity contribution is 0.270. The fraction of sp³-hybridized carbons (Fsp3) is 0.500. The van der Waals surface area contributed by atoms with Gasteiger partial charge < -0.3 is 5.11 Å². The number of aliphatic hydroxyl groups is 1.